The summed E-state index contributed by atoms with van der Waals surface area (Å²) in [6.07, 6.45) is 7.50. The highest BCUT2D eigenvalue weighted by Gasteiger charge is 2.27. The van der Waals surface area contributed by atoms with Crippen LogP contribution in [0.2, 0.25) is 0 Å². The van der Waals surface area contributed by atoms with Crippen molar-refractivity contribution in [1.82, 2.24) is 19.9 Å². The molecule has 32 heavy (non-hydrogen) atoms. The van der Waals surface area contributed by atoms with Crippen LogP contribution >= 0.6 is 23.1 Å². The highest BCUT2D eigenvalue weighted by Crippen LogP contribution is 2.38. The molecule has 0 spiro atoms. The van der Waals surface area contributed by atoms with E-state index < -0.39 is 0 Å². The minimum Gasteiger partial charge on any atom is -0.462 e. The molecule has 0 saturated carbocycles. The number of nitrogen functional groups attached to an aromatic ring is 1. The molecule has 9 nitrogen and oxygen atoms in total. The second-order valence-electron chi connectivity index (χ2n) is 7.20. The van der Waals surface area contributed by atoms with Crippen LogP contribution in [0.1, 0.15) is 47.0 Å². The van der Waals surface area contributed by atoms with Crippen LogP contribution in [0.25, 0.3) is 11.4 Å². The van der Waals surface area contributed by atoms with Gasteiger partial charge in [0.25, 0.3) is 0 Å². The van der Waals surface area contributed by atoms with Gasteiger partial charge in [-0.15, -0.1) is 21.5 Å². The highest BCUT2D eigenvalue weighted by atomic mass is 32.2. The van der Waals surface area contributed by atoms with Gasteiger partial charge in [0.05, 0.1) is 12.2 Å². The predicted molar refractivity (Wildman–Crippen MR) is 124 cm³/mol. The van der Waals surface area contributed by atoms with Crippen LogP contribution in [0.3, 0.4) is 0 Å². The van der Waals surface area contributed by atoms with E-state index in [-0.39, 0.29) is 18.3 Å². The maximum absolute atomic E-state index is 12.6. The van der Waals surface area contributed by atoms with Crippen LogP contribution in [-0.2, 0) is 22.4 Å². The Morgan fingerprint density at radius 3 is 2.94 bits per heavy atom. The summed E-state index contributed by atoms with van der Waals surface area (Å²) in [5, 5.41) is 12.2. The van der Waals surface area contributed by atoms with Gasteiger partial charge in [-0.2, -0.15) is 0 Å². The molecule has 0 aliphatic heterocycles. The van der Waals surface area contributed by atoms with Gasteiger partial charge in [0.2, 0.25) is 11.1 Å². The highest BCUT2D eigenvalue weighted by molar-refractivity contribution is 7.99. The molecule has 0 fully saturated rings. The first-order valence-corrected chi connectivity index (χ1v) is 12.2. The van der Waals surface area contributed by atoms with Crippen LogP contribution in [-0.4, -0.2) is 44.1 Å². The van der Waals surface area contributed by atoms with Crippen molar-refractivity contribution < 1.29 is 14.3 Å². The van der Waals surface area contributed by atoms with E-state index in [2.05, 4.69) is 20.5 Å². The van der Waals surface area contributed by atoms with Gasteiger partial charge in [0, 0.05) is 35.0 Å². The molecule has 0 aromatic carbocycles. The van der Waals surface area contributed by atoms with E-state index in [4.69, 9.17) is 10.6 Å². The first-order chi connectivity index (χ1) is 15.6. The summed E-state index contributed by atoms with van der Waals surface area (Å²) < 4.78 is 6.64. The zero-order valence-corrected chi connectivity index (χ0v) is 19.3. The molecular formula is C21H24N6O3S2. The molecule has 168 valence electrons. The lowest BCUT2D eigenvalue weighted by Gasteiger charge is -2.12. The Labute approximate surface area is 193 Å². The number of carbonyl (C=O) groups excluding carboxylic acids is 2. The number of aromatic nitrogens is 4. The number of aryl methyl sites for hydroxylation is 1. The number of nitrogens with one attached hydrogen (secondary N) is 1. The SMILES string of the molecule is CCOC(=O)c1c(NC(=O)CCSc2nnc(-c3cccnc3)n2N)sc2c1CCCC2. The van der Waals surface area contributed by atoms with Crippen molar-refractivity contribution in [2.75, 3.05) is 23.5 Å². The van der Waals surface area contributed by atoms with E-state index in [1.807, 2.05) is 6.07 Å². The number of hydrogen-bond acceptors (Lipinski definition) is 9. The van der Waals surface area contributed by atoms with E-state index in [1.165, 1.54) is 32.7 Å². The lowest BCUT2D eigenvalue weighted by atomic mass is 9.95. The largest absolute Gasteiger partial charge is 0.462 e. The number of nitrogens with zero attached hydrogens (tertiary/aromatic N) is 4. The van der Waals surface area contributed by atoms with Crippen molar-refractivity contribution in [3.8, 4) is 11.4 Å². The second-order valence-corrected chi connectivity index (χ2v) is 9.37. The van der Waals surface area contributed by atoms with Gasteiger partial charge in [0.15, 0.2) is 5.82 Å². The molecule has 1 aliphatic carbocycles. The number of anilines is 1. The maximum Gasteiger partial charge on any atom is 0.341 e. The van der Waals surface area contributed by atoms with Gasteiger partial charge in [-0.1, -0.05) is 11.8 Å². The Morgan fingerprint density at radius 1 is 1.31 bits per heavy atom. The monoisotopic (exact) mass is 472 g/mol. The van der Waals surface area contributed by atoms with E-state index in [0.717, 1.165) is 36.8 Å². The third kappa shape index (κ3) is 4.78. The average molecular weight is 473 g/mol. The maximum atomic E-state index is 12.6. The first-order valence-electron chi connectivity index (χ1n) is 10.4. The quantitative estimate of drug-likeness (QED) is 0.291. The van der Waals surface area contributed by atoms with Gasteiger partial charge in [-0.05, 0) is 50.3 Å². The molecule has 3 aromatic heterocycles. The van der Waals surface area contributed by atoms with Crippen molar-refractivity contribution in [3.63, 3.8) is 0 Å². The molecule has 3 N–H and O–H groups in total. The molecule has 1 aliphatic rings. The molecule has 0 bridgehead atoms. The van der Waals surface area contributed by atoms with Crippen LogP contribution in [0.4, 0.5) is 5.00 Å². The number of hydrogen-bond donors (Lipinski definition) is 2. The van der Waals surface area contributed by atoms with E-state index in [1.54, 1.807) is 25.4 Å². The molecule has 0 radical (unpaired) electrons. The summed E-state index contributed by atoms with van der Waals surface area (Å²) in [5.41, 5.74) is 2.32. The zero-order valence-electron chi connectivity index (χ0n) is 17.7. The number of fused-ring (bicyclic) bond motifs is 1. The number of thioether (sulfide) groups is 1. The lowest BCUT2D eigenvalue weighted by Crippen LogP contribution is -2.16. The summed E-state index contributed by atoms with van der Waals surface area (Å²) in [7, 11) is 0. The fraction of sp³-hybridized carbons (Fsp3) is 0.381. The lowest BCUT2D eigenvalue weighted by molar-refractivity contribution is -0.115. The van der Waals surface area contributed by atoms with Crippen LogP contribution < -0.4 is 11.2 Å². The number of ether oxygens (including phenoxy) is 1. The summed E-state index contributed by atoms with van der Waals surface area (Å²) in [6, 6.07) is 3.65. The van der Waals surface area contributed by atoms with Gasteiger partial charge in [-0.3, -0.25) is 9.78 Å². The minimum absolute atomic E-state index is 0.169. The average Bonchev–Trinajstić information content (AvgIpc) is 3.34. The number of rotatable bonds is 8. The van der Waals surface area contributed by atoms with Crippen molar-refractivity contribution in [3.05, 3.63) is 40.5 Å². The third-order valence-corrected chi connectivity index (χ3v) is 7.20. The zero-order chi connectivity index (χ0) is 22.5. The van der Waals surface area contributed by atoms with Crippen molar-refractivity contribution in [2.45, 2.75) is 44.2 Å². The fourth-order valence-corrected chi connectivity index (χ4v) is 5.65. The number of pyridine rings is 1. The number of amides is 1. The number of carbonyl (C=O) groups is 2. The summed E-state index contributed by atoms with van der Waals surface area (Å²) in [6.45, 7) is 2.08. The predicted octanol–water partition coefficient (Wildman–Crippen LogP) is 3.29. The summed E-state index contributed by atoms with van der Waals surface area (Å²) in [4.78, 5) is 30.4. The molecule has 11 heteroatoms. The topological polar surface area (TPSA) is 125 Å². The molecule has 1 amide bonds. The molecule has 0 atom stereocenters. The third-order valence-electron chi connectivity index (χ3n) is 5.05. The van der Waals surface area contributed by atoms with Crippen molar-refractivity contribution >= 4 is 40.0 Å². The van der Waals surface area contributed by atoms with Crippen LogP contribution in [0, 0.1) is 0 Å². The molecule has 3 heterocycles. The van der Waals surface area contributed by atoms with Gasteiger partial charge in [0.1, 0.15) is 5.00 Å². The van der Waals surface area contributed by atoms with Gasteiger partial charge < -0.3 is 15.9 Å². The van der Waals surface area contributed by atoms with Crippen LogP contribution in [0.15, 0.2) is 29.7 Å². The minimum atomic E-state index is -0.365. The molecular weight excluding hydrogens is 448 g/mol. The Hall–Kier alpha value is -2.92. The molecule has 3 aromatic rings. The van der Waals surface area contributed by atoms with Gasteiger partial charge in [-0.25, -0.2) is 9.47 Å². The summed E-state index contributed by atoms with van der Waals surface area (Å²) in [5.74, 6) is 6.55. The van der Waals surface area contributed by atoms with E-state index in [0.29, 0.717) is 33.9 Å². The normalized spacial score (nSPS) is 12.9. The second kappa shape index (κ2) is 10.1. The Kier molecular flexibility index (Phi) is 7.05. The van der Waals surface area contributed by atoms with Gasteiger partial charge >= 0.3 is 5.97 Å². The Bertz CT molecular complexity index is 1110. The number of esters is 1. The Morgan fingerprint density at radius 2 is 2.16 bits per heavy atom. The molecule has 4 rings (SSSR count). The van der Waals surface area contributed by atoms with Crippen molar-refractivity contribution in [1.29, 1.82) is 0 Å². The summed E-state index contributed by atoms with van der Waals surface area (Å²) >= 11 is 2.83. The number of nitrogens with two attached hydrogens (primary N) is 1. The Balaban J connectivity index is 1.38. The van der Waals surface area contributed by atoms with Crippen molar-refractivity contribution in [2.24, 2.45) is 0 Å². The van der Waals surface area contributed by atoms with E-state index in [9.17, 15) is 9.59 Å². The standard InChI is InChI=1S/C21H24N6O3S2/c1-2-30-20(29)17-14-7-3-4-8-15(14)32-19(17)24-16(28)9-11-31-21-26-25-18(27(21)22)13-6-5-10-23-12-13/h5-6,10,12H,2-4,7-9,11,22H2,1H3,(H,24,28). The number of thiophene rings is 1. The fourth-order valence-electron chi connectivity index (χ4n) is 3.56. The van der Waals surface area contributed by atoms with E-state index >= 15 is 0 Å². The molecule has 0 saturated heterocycles. The smallest absolute Gasteiger partial charge is 0.341 e. The molecule has 0 unspecified atom stereocenters. The first kappa shape index (κ1) is 22.3. The van der Waals surface area contributed by atoms with Crippen LogP contribution in [0.5, 0.6) is 0 Å².